The summed E-state index contributed by atoms with van der Waals surface area (Å²) in [6.45, 7) is 0. The Bertz CT molecular complexity index is 388. The third kappa shape index (κ3) is 6.53. The number of carboxylic acids is 2. The molecule has 0 spiro atoms. The van der Waals surface area contributed by atoms with Crippen LogP contribution < -0.4 is 0 Å². The molecule has 7 heteroatoms. The smallest absolute Gasteiger partial charge is 0.307 e. The minimum atomic E-state index is -3.50. The number of hydrogen-bond donors (Lipinski definition) is 3. The average molecular weight is 306 g/mol. The quantitative estimate of drug-likeness (QED) is 0.594. The lowest BCUT2D eigenvalue weighted by molar-refractivity contribution is -0.142. The first-order chi connectivity index (χ1) is 9.30. The lowest BCUT2D eigenvalue weighted by Gasteiger charge is -2.25. The fourth-order valence-electron chi connectivity index (χ4n) is 2.78. The van der Waals surface area contributed by atoms with Crippen molar-refractivity contribution >= 4 is 19.3 Å². The van der Waals surface area contributed by atoms with E-state index in [4.69, 9.17) is 10.2 Å². The normalized spacial score (nSPS) is 21.1. The van der Waals surface area contributed by atoms with Crippen molar-refractivity contribution in [1.29, 1.82) is 0 Å². The molecule has 116 valence electrons. The second kappa shape index (κ2) is 7.79. The third-order valence-corrected chi connectivity index (χ3v) is 5.93. The maximum Gasteiger partial charge on any atom is 0.307 e. The Hall–Kier alpha value is -0.870. The van der Waals surface area contributed by atoms with E-state index in [1.54, 1.807) is 0 Å². The molecular weight excluding hydrogens is 283 g/mol. The van der Waals surface area contributed by atoms with Crippen LogP contribution in [0.1, 0.15) is 44.9 Å². The van der Waals surface area contributed by atoms with E-state index in [9.17, 15) is 19.0 Å². The maximum atomic E-state index is 12.2. The van der Waals surface area contributed by atoms with Crippen molar-refractivity contribution in [3.8, 4) is 0 Å². The molecule has 1 fully saturated rings. The summed E-state index contributed by atoms with van der Waals surface area (Å²) >= 11 is 0. The van der Waals surface area contributed by atoms with E-state index in [2.05, 4.69) is 0 Å². The Labute approximate surface area is 118 Å². The molecular formula is C13H23O6P. The van der Waals surface area contributed by atoms with Crippen LogP contribution in [0.15, 0.2) is 0 Å². The maximum absolute atomic E-state index is 12.2. The first kappa shape index (κ1) is 17.2. The van der Waals surface area contributed by atoms with Crippen LogP contribution in [0, 0.1) is 11.8 Å². The molecule has 0 aromatic rings. The molecule has 1 rings (SSSR count). The van der Waals surface area contributed by atoms with E-state index in [1.807, 2.05) is 0 Å². The van der Waals surface area contributed by atoms with Gasteiger partial charge in [0.2, 0.25) is 7.37 Å². The summed E-state index contributed by atoms with van der Waals surface area (Å²) in [5.41, 5.74) is 0. The molecule has 0 radical (unpaired) electrons. The molecule has 1 aliphatic carbocycles. The minimum absolute atomic E-state index is 0.0973. The molecule has 20 heavy (non-hydrogen) atoms. The molecule has 0 aliphatic heterocycles. The second-order valence-corrected chi connectivity index (χ2v) is 8.11. The molecule has 0 aromatic heterocycles. The van der Waals surface area contributed by atoms with Crippen LogP contribution in [0.2, 0.25) is 0 Å². The molecule has 0 saturated heterocycles. The van der Waals surface area contributed by atoms with Gasteiger partial charge in [0.15, 0.2) is 0 Å². The fraction of sp³-hybridized carbons (Fsp3) is 0.846. The summed E-state index contributed by atoms with van der Waals surface area (Å²) in [7, 11) is -3.50. The van der Waals surface area contributed by atoms with Gasteiger partial charge in [-0.15, -0.1) is 0 Å². The van der Waals surface area contributed by atoms with Gasteiger partial charge in [-0.25, -0.2) is 0 Å². The first-order valence-electron chi connectivity index (χ1n) is 7.05. The minimum Gasteiger partial charge on any atom is -0.481 e. The molecule has 0 heterocycles. The highest BCUT2D eigenvalue weighted by molar-refractivity contribution is 7.58. The highest BCUT2D eigenvalue weighted by Crippen LogP contribution is 2.47. The van der Waals surface area contributed by atoms with E-state index < -0.39 is 25.2 Å². The zero-order valence-electron chi connectivity index (χ0n) is 11.5. The number of carbonyl (C=O) groups is 2. The standard InChI is InChI=1S/C13H23O6P/c14-12(15)7-6-11(13(16)17)9-20(18,19)8-10-4-2-1-3-5-10/h10-11H,1-9H2,(H,14,15)(H,16,17)(H,18,19). The van der Waals surface area contributed by atoms with E-state index in [1.165, 1.54) is 0 Å². The van der Waals surface area contributed by atoms with Crippen molar-refractivity contribution in [2.75, 3.05) is 12.3 Å². The zero-order chi connectivity index (χ0) is 15.2. The summed E-state index contributed by atoms with van der Waals surface area (Å²) < 4.78 is 12.2. The average Bonchev–Trinajstić information content (AvgIpc) is 2.34. The van der Waals surface area contributed by atoms with Crippen molar-refractivity contribution in [2.24, 2.45) is 11.8 Å². The topological polar surface area (TPSA) is 112 Å². The first-order valence-corrected chi connectivity index (χ1v) is 9.08. The van der Waals surface area contributed by atoms with Gasteiger partial charge in [0, 0.05) is 18.7 Å². The van der Waals surface area contributed by atoms with E-state index in [0.717, 1.165) is 32.1 Å². The highest BCUT2D eigenvalue weighted by atomic mass is 31.2. The predicted octanol–water partition coefficient (Wildman–Crippen LogP) is 2.40. The van der Waals surface area contributed by atoms with E-state index in [0.29, 0.717) is 0 Å². The molecule has 3 N–H and O–H groups in total. The predicted molar refractivity (Wildman–Crippen MR) is 74.1 cm³/mol. The van der Waals surface area contributed by atoms with Gasteiger partial charge in [-0.05, 0) is 25.2 Å². The van der Waals surface area contributed by atoms with Crippen LogP contribution in [-0.4, -0.2) is 39.4 Å². The van der Waals surface area contributed by atoms with Crippen LogP contribution >= 0.6 is 7.37 Å². The molecule has 1 saturated carbocycles. The Morgan fingerprint density at radius 2 is 1.75 bits per heavy atom. The van der Waals surface area contributed by atoms with Gasteiger partial charge in [0.1, 0.15) is 0 Å². The van der Waals surface area contributed by atoms with Crippen molar-refractivity contribution in [2.45, 2.75) is 44.9 Å². The zero-order valence-corrected chi connectivity index (χ0v) is 12.4. The second-order valence-electron chi connectivity index (χ2n) is 5.68. The Balaban J connectivity index is 2.53. The number of aliphatic carboxylic acids is 2. The highest BCUT2D eigenvalue weighted by Gasteiger charge is 2.31. The van der Waals surface area contributed by atoms with Crippen LogP contribution in [0.25, 0.3) is 0 Å². The van der Waals surface area contributed by atoms with Gasteiger partial charge in [-0.3, -0.25) is 14.2 Å². The Kier molecular flexibility index (Phi) is 6.69. The molecule has 0 amide bonds. The van der Waals surface area contributed by atoms with Gasteiger partial charge in [-0.2, -0.15) is 0 Å². The largest absolute Gasteiger partial charge is 0.481 e. The number of carboxylic acid groups (broad SMARTS) is 2. The monoisotopic (exact) mass is 306 g/mol. The number of hydrogen-bond acceptors (Lipinski definition) is 3. The molecule has 2 atom stereocenters. The summed E-state index contributed by atoms with van der Waals surface area (Å²) in [4.78, 5) is 31.5. The van der Waals surface area contributed by atoms with Crippen molar-refractivity contribution in [3.63, 3.8) is 0 Å². The van der Waals surface area contributed by atoms with Crippen LogP contribution in [0.5, 0.6) is 0 Å². The SMILES string of the molecule is O=C(O)CCC(CP(=O)(O)CC1CCCCC1)C(=O)O. The van der Waals surface area contributed by atoms with Crippen LogP contribution in [0.4, 0.5) is 0 Å². The van der Waals surface area contributed by atoms with E-state index in [-0.39, 0.29) is 31.1 Å². The number of rotatable bonds is 8. The van der Waals surface area contributed by atoms with Crippen molar-refractivity contribution < 1.29 is 29.3 Å². The van der Waals surface area contributed by atoms with Gasteiger partial charge in [-0.1, -0.05) is 19.3 Å². The van der Waals surface area contributed by atoms with Crippen LogP contribution in [-0.2, 0) is 14.2 Å². The van der Waals surface area contributed by atoms with Gasteiger partial charge < -0.3 is 15.1 Å². The molecule has 0 bridgehead atoms. The molecule has 1 aliphatic rings. The van der Waals surface area contributed by atoms with Crippen LogP contribution in [0.3, 0.4) is 0 Å². The summed E-state index contributed by atoms with van der Waals surface area (Å²) in [5, 5.41) is 17.6. The van der Waals surface area contributed by atoms with Gasteiger partial charge in [0.25, 0.3) is 0 Å². The van der Waals surface area contributed by atoms with Crippen molar-refractivity contribution in [3.05, 3.63) is 0 Å². The molecule has 0 aromatic carbocycles. The lowest BCUT2D eigenvalue weighted by Crippen LogP contribution is -2.22. The Morgan fingerprint density at radius 3 is 2.25 bits per heavy atom. The molecule has 6 nitrogen and oxygen atoms in total. The van der Waals surface area contributed by atoms with Gasteiger partial charge in [0.05, 0.1) is 5.92 Å². The third-order valence-electron chi connectivity index (χ3n) is 3.83. The fourth-order valence-corrected chi connectivity index (χ4v) is 5.13. The summed E-state index contributed by atoms with van der Waals surface area (Å²) in [6.07, 6.45) is 4.60. The summed E-state index contributed by atoms with van der Waals surface area (Å²) in [6, 6.07) is 0. The lowest BCUT2D eigenvalue weighted by atomic mass is 9.91. The Morgan fingerprint density at radius 1 is 1.15 bits per heavy atom. The van der Waals surface area contributed by atoms with Gasteiger partial charge >= 0.3 is 11.9 Å². The molecule has 2 unspecified atom stereocenters. The summed E-state index contributed by atoms with van der Waals surface area (Å²) in [5.74, 6) is -3.13. The van der Waals surface area contributed by atoms with E-state index >= 15 is 0 Å². The van der Waals surface area contributed by atoms with Crippen molar-refractivity contribution in [1.82, 2.24) is 0 Å².